The zero-order valence-corrected chi connectivity index (χ0v) is 16.0. The molecule has 3 aromatic rings. The third-order valence-electron chi connectivity index (χ3n) is 4.29. The van der Waals surface area contributed by atoms with E-state index in [0.29, 0.717) is 16.3 Å². The molecule has 0 aliphatic carbocycles. The third kappa shape index (κ3) is 3.44. The zero-order valence-electron chi connectivity index (χ0n) is 15.2. The molecule has 0 spiro atoms. The van der Waals surface area contributed by atoms with Gasteiger partial charge in [-0.3, -0.25) is 4.79 Å². The van der Waals surface area contributed by atoms with Crippen molar-refractivity contribution in [2.24, 2.45) is 0 Å². The molecule has 0 aliphatic rings. The van der Waals surface area contributed by atoms with Crippen LogP contribution < -0.4 is 10.2 Å². The summed E-state index contributed by atoms with van der Waals surface area (Å²) in [7, 11) is 3.83. The van der Waals surface area contributed by atoms with E-state index in [1.54, 1.807) is 23.0 Å². The molecule has 0 atom stereocenters. The Balaban J connectivity index is 1.93. The SMILES string of the molecule is Cc1ccccc1-n1ncc(C(=O)Nc2cc(Cl)ccc2N(C)C)c1C. The summed E-state index contributed by atoms with van der Waals surface area (Å²) in [5.41, 5.74) is 4.90. The summed E-state index contributed by atoms with van der Waals surface area (Å²) in [6, 6.07) is 13.4. The molecule has 0 radical (unpaired) electrons. The van der Waals surface area contributed by atoms with Gasteiger partial charge >= 0.3 is 0 Å². The number of rotatable bonds is 4. The number of halogens is 1. The highest BCUT2D eigenvalue weighted by Gasteiger charge is 2.17. The van der Waals surface area contributed by atoms with E-state index < -0.39 is 0 Å². The first-order chi connectivity index (χ1) is 12.4. The van der Waals surface area contributed by atoms with Crippen molar-refractivity contribution in [3.8, 4) is 5.69 Å². The Kier molecular flexibility index (Phi) is 5.00. The fourth-order valence-corrected chi connectivity index (χ4v) is 3.04. The molecule has 3 rings (SSSR count). The minimum atomic E-state index is -0.215. The molecule has 0 aliphatic heterocycles. The third-order valence-corrected chi connectivity index (χ3v) is 4.52. The minimum absolute atomic E-state index is 0.215. The molecule has 1 heterocycles. The van der Waals surface area contributed by atoms with E-state index in [9.17, 15) is 4.79 Å². The second-order valence-corrected chi connectivity index (χ2v) is 6.79. The number of anilines is 2. The molecule has 0 saturated heterocycles. The predicted molar refractivity (Wildman–Crippen MR) is 107 cm³/mol. The average molecular weight is 369 g/mol. The molecular weight excluding hydrogens is 348 g/mol. The fourth-order valence-electron chi connectivity index (χ4n) is 2.86. The van der Waals surface area contributed by atoms with Gasteiger partial charge in [0.1, 0.15) is 0 Å². The Bertz CT molecular complexity index is 962. The van der Waals surface area contributed by atoms with Crippen LogP contribution in [-0.2, 0) is 0 Å². The average Bonchev–Trinajstić information content (AvgIpc) is 2.96. The van der Waals surface area contributed by atoms with Gasteiger partial charge in [-0.15, -0.1) is 0 Å². The van der Waals surface area contributed by atoms with Crippen molar-refractivity contribution in [3.05, 3.63) is 70.5 Å². The molecule has 1 amide bonds. The molecule has 1 aromatic heterocycles. The van der Waals surface area contributed by atoms with Gasteiger partial charge in [0.2, 0.25) is 0 Å². The van der Waals surface area contributed by atoms with Crippen LogP contribution in [0.25, 0.3) is 5.69 Å². The monoisotopic (exact) mass is 368 g/mol. The number of amides is 1. The van der Waals surface area contributed by atoms with E-state index in [0.717, 1.165) is 22.6 Å². The van der Waals surface area contributed by atoms with Gasteiger partial charge in [-0.25, -0.2) is 4.68 Å². The van der Waals surface area contributed by atoms with Crippen molar-refractivity contribution in [2.75, 3.05) is 24.3 Å². The molecule has 134 valence electrons. The van der Waals surface area contributed by atoms with Crippen LogP contribution in [0, 0.1) is 13.8 Å². The number of aryl methyl sites for hydroxylation is 1. The van der Waals surface area contributed by atoms with Crippen molar-refractivity contribution >= 4 is 28.9 Å². The van der Waals surface area contributed by atoms with E-state index in [-0.39, 0.29) is 5.91 Å². The Labute approximate surface area is 158 Å². The standard InChI is InChI=1S/C20H21ClN4O/c1-13-7-5-6-8-18(13)25-14(2)16(12-22-25)20(26)23-17-11-15(21)9-10-19(17)24(3)4/h5-12H,1-4H3,(H,23,26). The second-order valence-electron chi connectivity index (χ2n) is 6.35. The smallest absolute Gasteiger partial charge is 0.259 e. The van der Waals surface area contributed by atoms with Crippen molar-refractivity contribution in [3.63, 3.8) is 0 Å². The molecule has 0 fully saturated rings. The minimum Gasteiger partial charge on any atom is -0.376 e. The Hall–Kier alpha value is -2.79. The maximum absolute atomic E-state index is 12.8. The largest absolute Gasteiger partial charge is 0.376 e. The normalized spacial score (nSPS) is 10.7. The second kappa shape index (κ2) is 7.22. The van der Waals surface area contributed by atoms with Crippen LogP contribution >= 0.6 is 11.6 Å². The first-order valence-corrected chi connectivity index (χ1v) is 8.65. The Morgan fingerprint density at radius 2 is 1.88 bits per heavy atom. The number of benzene rings is 2. The Morgan fingerprint density at radius 3 is 2.58 bits per heavy atom. The molecule has 2 aromatic carbocycles. The van der Waals surface area contributed by atoms with E-state index in [1.807, 2.05) is 63.2 Å². The fraction of sp³-hybridized carbons (Fsp3) is 0.200. The maximum Gasteiger partial charge on any atom is 0.259 e. The van der Waals surface area contributed by atoms with Crippen LogP contribution in [-0.4, -0.2) is 29.8 Å². The van der Waals surface area contributed by atoms with Gasteiger partial charge in [-0.2, -0.15) is 5.10 Å². The number of para-hydroxylation sites is 1. The molecule has 0 bridgehead atoms. The molecule has 6 heteroatoms. The lowest BCUT2D eigenvalue weighted by atomic mass is 10.2. The van der Waals surface area contributed by atoms with Gasteiger partial charge < -0.3 is 10.2 Å². The van der Waals surface area contributed by atoms with Crippen LogP contribution in [0.3, 0.4) is 0 Å². The molecule has 5 nitrogen and oxygen atoms in total. The first-order valence-electron chi connectivity index (χ1n) is 8.27. The van der Waals surface area contributed by atoms with E-state index in [2.05, 4.69) is 10.4 Å². The van der Waals surface area contributed by atoms with Gasteiger partial charge in [0, 0.05) is 19.1 Å². The van der Waals surface area contributed by atoms with Gasteiger partial charge in [0.25, 0.3) is 5.91 Å². The van der Waals surface area contributed by atoms with E-state index in [4.69, 9.17) is 11.6 Å². The van der Waals surface area contributed by atoms with Gasteiger partial charge in [0.15, 0.2) is 0 Å². The predicted octanol–water partition coefficient (Wildman–Crippen LogP) is 4.46. The lowest BCUT2D eigenvalue weighted by Crippen LogP contribution is -2.17. The Morgan fingerprint density at radius 1 is 1.15 bits per heavy atom. The molecule has 26 heavy (non-hydrogen) atoms. The number of carbonyl (C=O) groups is 1. The van der Waals surface area contributed by atoms with E-state index >= 15 is 0 Å². The van der Waals surface area contributed by atoms with Gasteiger partial charge in [-0.05, 0) is 43.7 Å². The molecule has 1 N–H and O–H groups in total. The zero-order chi connectivity index (χ0) is 18.8. The molecule has 0 saturated carbocycles. The highest BCUT2D eigenvalue weighted by Crippen LogP contribution is 2.28. The van der Waals surface area contributed by atoms with Crippen molar-refractivity contribution in [2.45, 2.75) is 13.8 Å². The summed E-state index contributed by atoms with van der Waals surface area (Å²) in [4.78, 5) is 14.8. The topological polar surface area (TPSA) is 50.2 Å². The van der Waals surface area contributed by atoms with Crippen LogP contribution in [0.4, 0.5) is 11.4 Å². The molecule has 0 unspecified atom stereocenters. The lowest BCUT2D eigenvalue weighted by molar-refractivity contribution is 0.102. The highest BCUT2D eigenvalue weighted by molar-refractivity contribution is 6.31. The van der Waals surface area contributed by atoms with Crippen molar-refractivity contribution in [1.29, 1.82) is 0 Å². The van der Waals surface area contributed by atoms with Gasteiger partial charge in [0.05, 0.1) is 34.5 Å². The number of aromatic nitrogens is 2. The quantitative estimate of drug-likeness (QED) is 0.739. The maximum atomic E-state index is 12.8. The van der Waals surface area contributed by atoms with E-state index in [1.165, 1.54) is 0 Å². The summed E-state index contributed by atoms with van der Waals surface area (Å²) in [6.07, 6.45) is 1.59. The number of carbonyl (C=O) groups excluding carboxylic acids is 1. The van der Waals surface area contributed by atoms with Crippen molar-refractivity contribution < 1.29 is 4.79 Å². The number of hydrogen-bond acceptors (Lipinski definition) is 3. The van der Waals surface area contributed by atoms with Crippen molar-refractivity contribution in [1.82, 2.24) is 9.78 Å². The summed E-state index contributed by atoms with van der Waals surface area (Å²) in [5.74, 6) is -0.215. The van der Waals surface area contributed by atoms with Crippen LogP contribution in [0.1, 0.15) is 21.6 Å². The number of nitrogens with zero attached hydrogens (tertiary/aromatic N) is 3. The summed E-state index contributed by atoms with van der Waals surface area (Å²) >= 11 is 6.10. The molecular formula is C20H21ClN4O. The first kappa shape index (κ1) is 18.0. The number of hydrogen-bond donors (Lipinski definition) is 1. The van der Waals surface area contributed by atoms with Crippen LogP contribution in [0.15, 0.2) is 48.7 Å². The van der Waals surface area contributed by atoms with Crippen LogP contribution in [0.2, 0.25) is 5.02 Å². The summed E-state index contributed by atoms with van der Waals surface area (Å²) in [5, 5.41) is 7.92. The highest BCUT2D eigenvalue weighted by atomic mass is 35.5. The summed E-state index contributed by atoms with van der Waals surface area (Å²) < 4.78 is 1.79. The van der Waals surface area contributed by atoms with Gasteiger partial charge in [-0.1, -0.05) is 29.8 Å². The van der Waals surface area contributed by atoms with Crippen LogP contribution in [0.5, 0.6) is 0 Å². The summed E-state index contributed by atoms with van der Waals surface area (Å²) in [6.45, 7) is 3.91. The lowest BCUT2D eigenvalue weighted by Gasteiger charge is -2.18. The number of nitrogens with one attached hydrogen (secondary N) is 1.